The number of ketones is 1. The molecule has 4 aliphatic rings. The lowest BCUT2D eigenvalue weighted by molar-refractivity contribution is -0.161. The summed E-state index contributed by atoms with van der Waals surface area (Å²) in [7, 11) is 1.59. The van der Waals surface area contributed by atoms with Gasteiger partial charge in [0.1, 0.15) is 30.2 Å². The second-order valence-corrected chi connectivity index (χ2v) is 12.4. The molecule has 43 heavy (non-hydrogen) atoms. The van der Waals surface area contributed by atoms with E-state index in [2.05, 4.69) is 4.99 Å². The van der Waals surface area contributed by atoms with E-state index < -0.39 is 30.2 Å². The van der Waals surface area contributed by atoms with Gasteiger partial charge in [0.25, 0.3) is 0 Å². The van der Waals surface area contributed by atoms with E-state index in [1.807, 2.05) is 41.4 Å². The summed E-state index contributed by atoms with van der Waals surface area (Å²) >= 11 is 0. The van der Waals surface area contributed by atoms with Gasteiger partial charge in [0.05, 0.1) is 26.0 Å². The molecule has 0 amide bonds. The molecular weight excluding hydrogens is 552 g/mol. The first kappa shape index (κ1) is 29.9. The van der Waals surface area contributed by atoms with Crippen LogP contribution >= 0.6 is 0 Å². The lowest BCUT2D eigenvalue weighted by Crippen LogP contribution is -2.41. The van der Waals surface area contributed by atoms with Gasteiger partial charge < -0.3 is 38.8 Å². The third-order valence-electron chi connectivity index (χ3n) is 8.86. The Morgan fingerprint density at radius 2 is 1.63 bits per heavy atom. The Hall–Kier alpha value is -3.18. The number of ether oxygens (including phenoxy) is 5. The smallest absolute Gasteiger partial charge is 0.168 e. The highest BCUT2D eigenvalue weighted by Gasteiger charge is 2.50. The number of carbonyl (C=O) groups excluding carboxylic acids is 1. The highest BCUT2D eigenvalue weighted by molar-refractivity contribution is 6.06. The molecule has 3 aliphatic heterocycles. The molecule has 2 aromatic rings. The molecule has 0 radical (unpaired) electrons. The maximum absolute atomic E-state index is 13.1. The molecule has 0 aromatic heterocycles. The number of β-amino-alcohol motifs (C(OH)–C–C–N with tert-alkyl or cyclic N) is 2. The molecule has 2 N–H and O–H groups in total. The van der Waals surface area contributed by atoms with E-state index in [4.69, 9.17) is 23.7 Å². The van der Waals surface area contributed by atoms with E-state index in [1.54, 1.807) is 27.0 Å². The highest BCUT2D eigenvalue weighted by atomic mass is 16.8. The Kier molecular flexibility index (Phi) is 8.64. The number of carbonyl (C=O) groups is 1. The fourth-order valence-electron chi connectivity index (χ4n) is 6.68. The van der Waals surface area contributed by atoms with Crippen molar-refractivity contribution in [2.24, 2.45) is 16.8 Å². The van der Waals surface area contributed by atoms with Crippen molar-refractivity contribution in [3.05, 3.63) is 42.0 Å². The second-order valence-electron chi connectivity index (χ2n) is 12.4. The average Bonchev–Trinajstić information content (AvgIpc) is 3.55. The Balaban J connectivity index is 0.971. The van der Waals surface area contributed by atoms with Crippen LogP contribution in [0.15, 0.2) is 41.4 Å². The first-order valence-corrected chi connectivity index (χ1v) is 15.4. The Bertz CT molecular complexity index is 1310. The third-order valence-corrected chi connectivity index (χ3v) is 8.86. The van der Waals surface area contributed by atoms with Crippen molar-refractivity contribution in [1.29, 1.82) is 0 Å². The number of fused-ring (bicyclic) bond motifs is 3. The Morgan fingerprint density at radius 1 is 0.953 bits per heavy atom. The summed E-state index contributed by atoms with van der Waals surface area (Å²) in [6.45, 7) is 5.25. The summed E-state index contributed by atoms with van der Waals surface area (Å²) in [5, 5.41) is 21.5. The average molecular weight is 595 g/mol. The van der Waals surface area contributed by atoms with Gasteiger partial charge in [0.15, 0.2) is 23.1 Å². The van der Waals surface area contributed by atoms with Crippen molar-refractivity contribution in [3.63, 3.8) is 0 Å². The zero-order chi connectivity index (χ0) is 30.1. The van der Waals surface area contributed by atoms with Gasteiger partial charge in [-0.1, -0.05) is 6.42 Å². The van der Waals surface area contributed by atoms with E-state index in [9.17, 15) is 15.0 Å². The van der Waals surface area contributed by atoms with Gasteiger partial charge in [-0.15, -0.1) is 0 Å². The van der Waals surface area contributed by atoms with Crippen LogP contribution in [0.3, 0.4) is 0 Å². The molecule has 0 bridgehead atoms. The third kappa shape index (κ3) is 6.38. The fourth-order valence-corrected chi connectivity index (χ4v) is 6.68. The SMILES string of the molecule is COc1cc2c(cc1OCCCCOc1ccc(N3C[C@@H](O)[C@H]4OC(C)(C)O[C@@H]4[C@H](O)C3)cc1)N=C[C@@H]1CCCC1C2=O. The lowest BCUT2D eigenvalue weighted by atomic mass is 9.89. The van der Waals surface area contributed by atoms with Gasteiger partial charge in [-0.05, 0) is 69.9 Å². The van der Waals surface area contributed by atoms with Crippen molar-refractivity contribution in [2.75, 3.05) is 38.3 Å². The van der Waals surface area contributed by atoms with Gasteiger partial charge in [-0.25, -0.2) is 0 Å². The van der Waals surface area contributed by atoms with Crippen molar-refractivity contribution in [1.82, 2.24) is 0 Å². The summed E-state index contributed by atoms with van der Waals surface area (Å²) < 4.78 is 29.2. The predicted molar refractivity (Wildman–Crippen MR) is 161 cm³/mol. The molecule has 0 spiro atoms. The number of nitrogens with zero attached hydrogens (tertiary/aromatic N) is 2. The van der Waals surface area contributed by atoms with Gasteiger partial charge in [-0.3, -0.25) is 9.79 Å². The molecule has 1 saturated carbocycles. The van der Waals surface area contributed by atoms with Crippen molar-refractivity contribution < 1.29 is 38.7 Å². The normalized spacial score (nSPS) is 29.3. The molecule has 10 heteroatoms. The number of unbranched alkanes of at least 4 members (excludes halogenated alkanes) is 1. The number of aliphatic imine (C=N–C) groups is 1. The predicted octanol–water partition coefficient (Wildman–Crippen LogP) is 4.31. The number of rotatable bonds is 9. The van der Waals surface area contributed by atoms with Crippen LogP contribution in [0, 0.1) is 11.8 Å². The molecule has 232 valence electrons. The molecule has 3 fully saturated rings. The minimum atomic E-state index is -0.825. The molecule has 6 rings (SSSR count). The van der Waals surface area contributed by atoms with Crippen LogP contribution in [0.4, 0.5) is 11.4 Å². The Labute approximate surface area is 252 Å². The van der Waals surface area contributed by atoms with Gasteiger partial charge in [-0.2, -0.15) is 0 Å². The van der Waals surface area contributed by atoms with Crippen LogP contribution < -0.4 is 19.1 Å². The maximum atomic E-state index is 13.1. The number of hydrogen-bond acceptors (Lipinski definition) is 10. The molecule has 6 atom stereocenters. The number of aliphatic hydroxyl groups excluding tert-OH is 2. The van der Waals surface area contributed by atoms with E-state index >= 15 is 0 Å². The van der Waals surface area contributed by atoms with Crippen LogP contribution in [-0.2, 0) is 9.47 Å². The molecule has 1 aliphatic carbocycles. The van der Waals surface area contributed by atoms with Gasteiger partial charge in [0, 0.05) is 48.5 Å². The second kappa shape index (κ2) is 12.4. The monoisotopic (exact) mass is 594 g/mol. The number of methoxy groups -OCH3 is 1. The molecular formula is C33H42N2O8. The van der Waals surface area contributed by atoms with E-state index in [0.29, 0.717) is 49.1 Å². The number of Topliss-reactive ketones (excluding diaryl/α,β-unsaturated/α-hetero) is 1. The molecule has 2 saturated heterocycles. The largest absolute Gasteiger partial charge is 0.494 e. The first-order valence-electron chi connectivity index (χ1n) is 15.4. The number of anilines is 1. The molecule has 10 nitrogen and oxygen atoms in total. The number of aliphatic hydroxyl groups is 2. The fraction of sp³-hybridized carbons (Fsp3) is 0.576. The zero-order valence-corrected chi connectivity index (χ0v) is 25.1. The van der Waals surface area contributed by atoms with Crippen LogP contribution in [0.25, 0.3) is 0 Å². The summed E-state index contributed by atoms with van der Waals surface area (Å²) in [5.74, 6) is 1.45. The van der Waals surface area contributed by atoms with E-state index in [1.165, 1.54) is 0 Å². The van der Waals surface area contributed by atoms with E-state index in [-0.39, 0.29) is 17.6 Å². The van der Waals surface area contributed by atoms with Crippen molar-refractivity contribution >= 4 is 23.4 Å². The minimum Gasteiger partial charge on any atom is -0.494 e. The minimum absolute atomic E-state index is 0.0190. The Morgan fingerprint density at radius 3 is 2.30 bits per heavy atom. The first-order chi connectivity index (χ1) is 20.7. The molecule has 1 unspecified atom stereocenters. The van der Waals surface area contributed by atoms with Crippen LogP contribution in [0.1, 0.15) is 56.3 Å². The van der Waals surface area contributed by atoms with Crippen LogP contribution in [-0.4, -0.2) is 85.8 Å². The standard InChI is InChI=1S/C33H42N2O8/c1-33(2)42-31-26(36)18-35(19-27(37)32(31)43-33)21-9-11-22(12-10-21)40-13-4-5-14-41-29-16-25-24(15-28(29)39-3)30(38)23-8-6-7-20(23)17-34-25/h9-12,15-17,20,23,26-27,31-32,36-37H,4-8,13-14,18-19H2,1-3H3/t20-,23?,26+,27+,31+,32+/m0/s1. The van der Waals surface area contributed by atoms with Crippen LogP contribution in [0.2, 0.25) is 0 Å². The number of benzene rings is 2. The molecule has 2 aromatic carbocycles. The van der Waals surface area contributed by atoms with Crippen molar-refractivity contribution in [2.45, 2.75) is 76.2 Å². The van der Waals surface area contributed by atoms with Gasteiger partial charge >= 0.3 is 0 Å². The maximum Gasteiger partial charge on any atom is 0.168 e. The van der Waals surface area contributed by atoms with Crippen LogP contribution in [0.5, 0.6) is 17.2 Å². The van der Waals surface area contributed by atoms with E-state index in [0.717, 1.165) is 43.5 Å². The topological polar surface area (TPSA) is 119 Å². The summed E-state index contributed by atoms with van der Waals surface area (Å²) in [6, 6.07) is 11.2. The zero-order valence-electron chi connectivity index (χ0n) is 25.1. The summed E-state index contributed by atoms with van der Waals surface area (Å²) in [6.07, 6.45) is 3.78. The summed E-state index contributed by atoms with van der Waals surface area (Å²) in [4.78, 5) is 19.7. The molecule has 3 heterocycles. The van der Waals surface area contributed by atoms with Crippen molar-refractivity contribution in [3.8, 4) is 17.2 Å². The quantitative estimate of drug-likeness (QED) is 0.410. The summed E-state index contributed by atoms with van der Waals surface area (Å²) in [5.41, 5.74) is 2.15. The lowest BCUT2D eigenvalue weighted by Gasteiger charge is -2.28. The number of hydrogen-bond donors (Lipinski definition) is 2. The van der Waals surface area contributed by atoms with Gasteiger partial charge in [0.2, 0.25) is 0 Å². The highest BCUT2D eigenvalue weighted by Crippen LogP contribution is 2.42.